The Morgan fingerprint density at radius 2 is 2.09 bits per heavy atom. The fraction of sp³-hybridized carbons (Fsp3) is 0.562. The van der Waals surface area contributed by atoms with E-state index in [1.807, 2.05) is 37.3 Å². The van der Waals surface area contributed by atoms with E-state index >= 15 is 0 Å². The highest BCUT2D eigenvalue weighted by molar-refractivity contribution is 7.90. The second kappa shape index (κ2) is 7.31. The predicted molar refractivity (Wildman–Crippen MR) is 89.6 cm³/mol. The van der Waals surface area contributed by atoms with Crippen molar-refractivity contribution in [3.05, 3.63) is 35.9 Å². The molecule has 2 rings (SSSR count). The van der Waals surface area contributed by atoms with E-state index in [0.29, 0.717) is 12.8 Å². The summed E-state index contributed by atoms with van der Waals surface area (Å²) in [4.78, 5) is 4.41. The van der Waals surface area contributed by atoms with Crippen LogP contribution in [0.3, 0.4) is 0 Å². The molecule has 1 unspecified atom stereocenters. The van der Waals surface area contributed by atoms with Crippen LogP contribution in [0.4, 0.5) is 0 Å². The van der Waals surface area contributed by atoms with Crippen LogP contribution in [0.1, 0.15) is 44.7 Å². The number of hydrogen-bond donors (Lipinski definition) is 2. The molecule has 2 N–H and O–H groups in total. The molecule has 0 aromatic heterocycles. The van der Waals surface area contributed by atoms with Crippen LogP contribution < -0.4 is 4.72 Å². The number of nitrogens with zero attached hydrogens (tertiary/aromatic N) is 1. The maximum absolute atomic E-state index is 12.1. The maximum Gasteiger partial charge on any atom is 0.299 e. The molecule has 0 bridgehead atoms. The van der Waals surface area contributed by atoms with Crippen molar-refractivity contribution in [2.24, 2.45) is 4.99 Å². The van der Waals surface area contributed by atoms with Crippen molar-refractivity contribution in [2.75, 3.05) is 12.4 Å². The third kappa shape index (κ3) is 4.94. The lowest BCUT2D eigenvalue weighted by atomic mass is 10.0. The van der Waals surface area contributed by atoms with Gasteiger partial charge in [0.2, 0.25) is 10.0 Å². The van der Waals surface area contributed by atoms with Crippen LogP contribution >= 0.6 is 0 Å². The average Bonchev–Trinajstić information content (AvgIpc) is 2.45. The summed E-state index contributed by atoms with van der Waals surface area (Å²) in [6, 6.07) is 9.10. The molecule has 1 saturated heterocycles. The second-order valence-electron chi connectivity index (χ2n) is 6.04. The molecule has 1 aliphatic heterocycles. The highest BCUT2D eigenvalue weighted by Gasteiger charge is 2.39. The Bertz CT molecular complexity index is 645. The molecule has 1 aromatic carbocycles. The molecular weight excluding hydrogens is 316 g/mol. The first-order valence-corrected chi connectivity index (χ1v) is 9.46. The summed E-state index contributed by atoms with van der Waals surface area (Å²) in [7, 11) is -3.47. The lowest BCUT2D eigenvalue weighted by molar-refractivity contribution is 0.0764. The van der Waals surface area contributed by atoms with E-state index in [0.717, 1.165) is 12.0 Å². The number of benzene rings is 1. The summed E-state index contributed by atoms with van der Waals surface area (Å²) in [5.41, 5.74) is 0.123. The van der Waals surface area contributed by atoms with Crippen molar-refractivity contribution >= 4 is 16.0 Å². The van der Waals surface area contributed by atoms with Crippen molar-refractivity contribution in [2.45, 2.75) is 44.8 Å². The van der Waals surface area contributed by atoms with Crippen molar-refractivity contribution in [3.8, 4) is 0 Å². The number of amidine groups is 1. The van der Waals surface area contributed by atoms with E-state index in [4.69, 9.17) is 4.74 Å². The Hall–Kier alpha value is -1.60. The second-order valence-corrected chi connectivity index (χ2v) is 7.76. The minimum Gasteiger partial charge on any atom is -0.457 e. The number of rotatable bonds is 6. The Labute approximate surface area is 137 Å². The van der Waals surface area contributed by atoms with Crippen molar-refractivity contribution in [1.82, 2.24) is 4.72 Å². The molecule has 0 spiro atoms. The maximum atomic E-state index is 12.1. The minimum absolute atomic E-state index is 0.00880. The fourth-order valence-electron chi connectivity index (χ4n) is 2.80. The number of aliphatic hydroxyl groups excluding tert-OH is 1. The van der Waals surface area contributed by atoms with E-state index in [1.54, 1.807) is 6.92 Å². The first kappa shape index (κ1) is 17.7. The summed E-state index contributed by atoms with van der Waals surface area (Å²) in [5.74, 6) is -0.0805. The van der Waals surface area contributed by atoms with Gasteiger partial charge in [-0.2, -0.15) is 0 Å². The molecule has 0 aliphatic carbocycles. The summed E-state index contributed by atoms with van der Waals surface area (Å²) < 4.78 is 32.4. The molecule has 0 radical (unpaired) electrons. The van der Waals surface area contributed by atoms with E-state index in [-0.39, 0.29) is 24.4 Å². The number of aliphatic imine (C=N–C) groups is 1. The van der Waals surface area contributed by atoms with Gasteiger partial charge in [-0.05, 0) is 25.3 Å². The lowest BCUT2D eigenvalue weighted by Gasteiger charge is -2.35. The Morgan fingerprint density at radius 3 is 2.70 bits per heavy atom. The van der Waals surface area contributed by atoms with Crippen molar-refractivity contribution in [1.29, 1.82) is 0 Å². The van der Waals surface area contributed by atoms with Gasteiger partial charge in [0.1, 0.15) is 11.4 Å². The molecule has 0 amide bonds. The molecular formula is C16H24N2O4S. The number of aliphatic hydroxyl groups is 1. The molecule has 0 saturated carbocycles. The van der Waals surface area contributed by atoms with Gasteiger partial charge >= 0.3 is 0 Å². The molecule has 23 heavy (non-hydrogen) atoms. The lowest BCUT2D eigenvalue weighted by Crippen LogP contribution is -2.53. The molecule has 1 fully saturated rings. The highest BCUT2D eigenvalue weighted by Crippen LogP contribution is 2.26. The van der Waals surface area contributed by atoms with Gasteiger partial charge in [-0.15, -0.1) is 0 Å². The molecule has 1 aromatic rings. The van der Waals surface area contributed by atoms with Gasteiger partial charge in [0.05, 0.1) is 6.04 Å². The van der Waals surface area contributed by atoms with Crippen LogP contribution in [0.15, 0.2) is 35.3 Å². The Morgan fingerprint density at radius 1 is 1.39 bits per heavy atom. The number of nitrogens with one attached hydrogen (secondary N) is 1. The molecule has 1 aliphatic rings. The van der Waals surface area contributed by atoms with E-state index in [9.17, 15) is 13.5 Å². The third-order valence-electron chi connectivity index (χ3n) is 3.72. The third-order valence-corrected chi connectivity index (χ3v) is 5.20. The summed E-state index contributed by atoms with van der Waals surface area (Å²) >= 11 is 0. The average molecular weight is 340 g/mol. The molecule has 2 atom stereocenters. The fourth-order valence-corrected chi connectivity index (χ4v) is 4.24. The van der Waals surface area contributed by atoms with Gasteiger partial charge in [0, 0.05) is 6.61 Å². The molecule has 1 heterocycles. The predicted octanol–water partition coefficient (Wildman–Crippen LogP) is 1.97. The normalized spacial score (nSPS) is 26.3. The largest absolute Gasteiger partial charge is 0.457 e. The van der Waals surface area contributed by atoms with E-state index in [2.05, 4.69) is 9.71 Å². The number of hydrogen-bond acceptors (Lipinski definition) is 5. The standard InChI is InChI=1S/C16H24N2O4S/c1-3-10-16(2)12-23(20,21)18-15(22-16)17-14(9-11-19)13-7-5-4-6-8-13/h4-8,14,19H,3,9-12H2,1-2H3,(H,17,18)/t14-,16?/m0/s1. The smallest absolute Gasteiger partial charge is 0.299 e. The van der Waals surface area contributed by atoms with Crippen molar-refractivity contribution in [3.63, 3.8) is 0 Å². The Kier molecular flexibility index (Phi) is 5.64. The van der Waals surface area contributed by atoms with Gasteiger partial charge < -0.3 is 9.84 Å². The van der Waals surface area contributed by atoms with Gasteiger partial charge in [0.25, 0.3) is 6.02 Å². The van der Waals surface area contributed by atoms with Crippen LogP contribution in [0.2, 0.25) is 0 Å². The van der Waals surface area contributed by atoms with E-state index < -0.39 is 15.6 Å². The minimum atomic E-state index is -3.47. The summed E-state index contributed by atoms with van der Waals surface area (Å²) in [6.45, 7) is 3.72. The monoisotopic (exact) mass is 340 g/mol. The first-order chi connectivity index (χ1) is 10.9. The van der Waals surface area contributed by atoms with Crippen LogP contribution in [-0.4, -0.2) is 37.5 Å². The molecule has 7 heteroatoms. The Balaban J connectivity index is 2.30. The van der Waals surface area contributed by atoms with E-state index in [1.165, 1.54) is 0 Å². The van der Waals surface area contributed by atoms with Crippen LogP contribution in [0.5, 0.6) is 0 Å². The summed E-state index contributed by atoms with van der Waals surface area (Å²) in [5, 5.41) is 9.27. The topological polar surface area (TPSA) is 88.0 Å². The molecule has 6 nitrogen and oxygen atoms in total. The van der Waals surface area contributed by atoms with Gasteiger partial charge in [-0.25, -0.2) is 18.1 Å². The van der Waals surface area contributed by atoms with Gasteiger partial charge in [-0.1, -0.05) is 43.7 Å². The first-order valence-electron chi connectivity index (χ1n) is 7.80. The zero-order chi connectivity index (χ0) is 16.9. The zero-order valence-electron chi connectivity index (χ0n) is 13.5. The SMILES string of the molecule is CCCC1(C)CS(=O)(=O)NC(=N[C@@H](CCO)c2ccccc2)O1. The number of ether oxygens (including phenoxy) is 1. The highest BCUT2D eigenvalue weighted by atomic mass is 32.2. The van der Waals surface area contributed by atoms with Gasteiger partial charge in [-0.3, -0.25) is 0 Å². The zero-order valence-corrected chi connectivity index (χ0v) is 14.3. The summed E-state index contributed by atoms with van der Waals surface area (Å²) in [6.07, 6.45) is 1.84. The van der Waals surface area contributed by atoms with Gasteiger partial charge in [0.15, 0.2) is 0 Å². The quantitative estimate of drug-likeness (QED) is 0.829. The number of sulfonamides is 1. The molecule has 128 valence electrons. The van der Waals surface area contributed by atoms with Crippen LogP contribution in [0, 0.1) is 0 Å². The van der Waals surface area contributed by atoms with Crippen LogP contribution in [0.25, 0.3) is 0 Å². The van der Waals surface area contributed by atoms with Crippen molar-refractivity contribution < 1.29 is 18.3 Å². The van der Waals surface area contributed by atoms with Crippen LogP contribution in [-0.2, 0) is 14.8 Å².